The number of hydrogen-bond acceptors (Lipinski definition) is 1. The number of para-hydroxylation sites is 1. The van der Waals surface area contributed by atoms with Crippen LogP contribution in [0.1, 0.15) is 13.3 Å². The van der Waals surface area contributed by atoms with E-state index in [4.69, 9.17) is 23.2 Å². The van der Waals surface area contributed by atoms with Crippen LogP contribution in [-0.2, 0) is 6.54 Å². The van der Waals surface area contributed by atoms with Crippen molar-refractivity contribution in [2.24, 2.45) is 0 Å². The summed E-state index contributed by atoms with van der Waals surface area (Å²) in [5.41, 5.74) is 6.77. The maximum Gasteiger partial charge on any atom is 0.0512 e. The molecule has 0 saturated carbocycles. The van der Waals surface area contributed by atoms with Gasteiger partial charge in [-0.3, -0.25) is 0 Å². The summed E-state index contributed by atoms with van der Waals surface area (Å²) in [4.78, 5) is 0. The van der Waals surface area contributed by atoms with Gasteiger partial charge in [0.25, 0.3) is 0 Å². The van der Waals surface area contributed by atoms with Gasteiger partial charge in [-0.2, -0.15) is 0 Å². The zero-order valence-corrected chi connectivity index (χ0v) is 20.8. The second-order valence-electron chi connectivity index (χ2n) is 7.73. The number of fused-ring (bicyclic) bond motifs is 3. The van der Waals surface area contributed by atoms with E-state index in [1.165, 1.54) is 28.2 Å². The van der Waals surface area contributed by atoms with Crippen molar-refractivity contribution in [1.82, 2.24) is 4.57 Å². The van der Waals surface area contributed by atoms with Gasteiger partial charge in [0.1, 0.15) is 0 Å². The molecule has 5 rings (SSSR count). The highest BCUT2D eigenvalue weighted by Gasteiger charge is 2.16. The molecule has 0 fully saturated rings. The molecule has 0 atom stereocenters. The molecule has 5 aromatic rings. The van der Waals surface area contributed by atoms with E-state index < -0.39 is 0 Å². The minimum atomic E-state index is 0.730. The summed E-state index contributed by atoms with van der Waals surface area (Å²) in [7, 11) is 0. The van der Waals surface area contributed by atoms with Crippen LogP contribution in [-0.4, -0.2) is 11.0 Å². The molecule has 0 amide bonds. The van der Waals surface area contributed by atoms with Crippen LogP contribution < -0.4 is 5.32 Å². The van der Waals surface area contributed by atoms with Gasteiger partial charge in [0, 0.05) is 56.2 Å². The van der Waals surface area contributed by atoms with Gasteiger partial charge in [-0.1, -0.05) is 60.5 Å². The largest absolute Gasteiger partial charge is 0.355 e. The van der Waals surface area contributed by atoms with Gasteiger partial charge in [-0.25, -0.2) is 0 Å². The summed E-state index contributed by atoms with van der Waals surface area (Å²) >= 11 is 17.2. The van der Waals surface area contributed by atoms with Crippen LogP contribution in [0, 0.1) is 0 Å². The minimum absolute atomic E-state index is 0.730. The summed E-state index contributed by atoms with van der Waals surface area (Å²) in [5.74, 6) is 0. The molecule has 0 aliphatic rings. The number of hydrogen-bond donors (Lipinski definition) is 1. The fourth-order valence-electron chi connectivity index (χ4n) is 4.23. The van der Waals surface area contributed by atoms with Crippen molar-refractivity contribution in [1.29, 1.82) is 0 Å². The third kappa shape index (κ3) is 4.84. The molecule has 2 nitrogen and oxygen atoms in total. The van der Waals surface area contributed by atoms with E-state index in [2.05, 4.69) is 76.9 Å². The fraction of sp³-hybridized carbons (Fsp3) is 0.143. The maximum atomic E-state index is 6.38. The number of benzene rings is 4. The highest BCUT2D eigenvalue weighted by Crippen LogP contribution is 2.39. The smallest absolute Gasteiger partial charge is 0.0512 e. The third-order valence-electron chi connectivity index (χ3n) is 5.62. The lowest BCUT2D eigenvalue weighted by atomic mass is 10.00. The van der Waals surface area contributed by atoms with Crippen molar-refractivity contribution >= 4 is 68.0 Å². The van der Waals surface area contributed by atoms with Gasteiger partial charge < -0.3 is 9.88 Å². The number of aryl methyl sites for hydroxylation is 1. The Bertz CT molecular complexity index is 1370. The fourth-order valence-corrected chi connectivity index (χ4v) is 4.53. The Morgan fingerprint density at radius 2 is 1.39 bits per heavy atom. The van der Waals surface area contributed by atoms with Gasteiger partial charge in [-0.05, 0) is 66.6 Å². The van der Waals surface area contributed by atoms with Crippen molar-refractivity contribution in [2.75, 3.05) is 11.7 Å². The Balaban J connectivity index is 0.00000126. The topological polar surface area (TPSA) is 17.0 Å². The molecule has 1 aromatic heterocycles. The Labute approximate surface area is 209 Å². The lowest BCUT2D eigenvalue weighted by Crippen LogP contribution is -1.98. The van der Waals surface area contributed by atoms with E-state index in [9.17, 15) is 0 Å². The number of rotatable bonds is 5. The summed E-state index contributed by atoms with van der Waals surface area (Å²) in [6.45, 7) is 3.16. The lowest BCUT2D eigenvalue weighted by Gasteiger charge is -2.15. The lowest BCUT2D eigenvalue weighted by molar-refractivity contribution is 0.724. The highest BCUT2D eigenvalue weighted by atomic mass is 35.5. The number of aromatic nitrogens is 1. The zero-order valence-electron chi connectivity index (χ0n) is 18.6. The Kier molecular flexibility index (Phi) is 7.49. The van der Waals surface area contributed by atoms with Crippen LogP contribution in [0.15, 0.2) is 84.9 Å². The first-order chi connectivity index (χ1) is 16.1. The Morgan fingerprint density at radius 1 is 0.727 bits per heavy atom. The van der Waals surface area contributed by atoms with Crippen molar-refractivity contribution in [3.63, 3.8) is 0 Å². The van der Waals surface area contributed by atoms with Crippen LogP contribution in [0.3, 0.4) is 0 Å². The number of halogens is 3. The summed E-state index contributed by atoms with van der Waals surface area (Å²) in [6.07, 6.45) is 2.53. The van der Waals surface area contributed by atoms with E-state index in [-0.39, 0.29) is 0 Å². The molecule has 1 N–H and O–H groups in total. The monoisotopic (exact) mass is 494 g/mol. The van der Waals surface area contributed by atoms with Crippen molar-refractivity contribution in [3.8, 4) is 11.1 Å². The zero-order chi connectivity index (χ0) is 23.4. The third-order valence-corrected chi connectivity index (χ3v) is 6.11. The Hall–Kier alpha value is -2.65. The predicted octanol–water partition coefficient (Wildman–Crippen LogP) is 9.78. The van der Waals surface area contributed by atoms with Crippen LogP contribution >= 0.6 is 34.8 Å². The molecule has 0 unspecified atom stereocenters. The summed E-state index contributed by atoms with van der Waals surface area (Å²) < 4.78 is 2.39. The average molecular weight is 496 g/mol. The van der Waals surface area contributed by atoms with Crippen molar-refractivity contribution in [2.45, 2.75) is 19.9 Å². The van der Waals surface area contributed by atoms with Crippen LogP contribution in [0.4, 0.5) is 11.4 Å². The van der Waals surface area contributed by atoms with E-state index in [0.29, 0.717) is 0 Å². The van der Waals surface area contributed by atoms with E-state index in [1.807, 2.05) is 36.4 Å². The number of nitrogens with zero attached hydrogens (tertiary/aromatic N) is 1. The second kappa shape index (κ2) is 10.5. The second-order valence-corrected chi connectivity index (χ2v) is 8.60. The predicted molar refractivity (Wildman–Crippen MR) is 147 cm³/mol. The normalized spacial score (nSPS) is 10.8. The number of alkyl halides is 1. The van der Waals surface area contributed by atoms with Crippen LogP contribution in [0.25, 0.3) is 32.9 Å². The quantitative estimate of drug-likeness (QED) is 0.240. The molecular weight excluding hydrogens is 471 g/mol. The molecule has 0 aliphatic heterocycles. The molecule has 4 aromatic carbocycles. The first-order valence-electron chi connectivity index (χ1n) is 10.9. The van der Waals surface area contributed by atoms with Gasteiger partial charge in [0.05, 0.1) is 5.52 Å². The van der Waals surface area contributed by atoms with Crippen LogP contribution in [0.2, 0.25) is 10.0 Å². The first-order valence-corrected chi connectivity index (χ1v) is 12.4. The molecule has 0 spiro atoms. The standard InChI is InChI=1S/C27H22Cl2N2.CH3Cl/c1-2-14-31-26-13-12-20(29)15-23(26)24-16-22(18-8-10-19(28)11-9-18)25(17-27(24)31)30-21-6-4-3-5-7-21;1-2/h3-13,15-17,30H,2,14H2,1H3;1H3. The summed E-state index contributed by atoms with van der Waals surface area (Å²) in [6, 6.07) is 29.0. The number of anilines is 2. The van der Waals surface area contributed by atoms with Gasteiger partial charge in [-0.15, -0.1) is 11.6 Å². The van der Waals surface area contributed by atoms with Gasteiger partial charge in [0.2, 0.25) is 0 Å². The molecule has 0 saturated heterocycles. The summed E-state index contributed by atoms with van der Waals surface area (Å²) in [5, 5.41) is 7.49. The van der Waals surface area contributed by atoms with Crippen molar-refractivity contribution in [3.05, 3.63) is 95.0 Å². The molecule has 1 heterocycles. The molecule has 0 radical (unpaired) electrons. The van der Waals surface area contributed by atoms with Gasteiger partial charge >= 0.3 is 0 Å². The molecule has 5 heteroatoms. The SMILES string of the molecule is CCCn1c2ccc(Cl)cc2c2cc(-c3ccc(Cl)cc3)c(Nc3ccccc3)cc21.CCl. The molecule has 168 valence electrons. The maximum absolute atomic E-state index is 6.38. The molecule has 0 aliphatic carbocycles. The first kappa shape index (κ1) is 23.5. The van der Waals surface area contributed by atoms with Crippen LogP contribution in [0.5, 0.6) is 0 Å². The average Bonchev–Trinajstić information content (AvgIpc) is 3.13. The highest BCUT2D eigenvalue weighted by molar-refractivity contribution is 6.32. The Morgan fingerprint density at radius 3 is 2.09 bits per heavy atom. The van der Waals surface area contributed by atoms with E-state index in [0.717, 1.165) is 45.5 Å². The molecular formula is C28H25Cl3N2. The molecule has 33 heavy (non-hydrogen) atoms. The minimum Gasteiger partial charge on any atom is -0.355 e. The van der Waals surface area contributed by atoms with Crippen molar-refractivity contribution < 1.29 is 0 Å². The molecule has 0 bridgehead atoms. The number of nitrogens with one attached hydrogen (secondary N) is 1. The van der Waals surface area contributed by atoms with E-state index >= 15 is 0 Å². The van der Waals surface area contributed by atoms with E-state index in [1.54, 1.807) is 0 Å². The van der Waals surface area contributed by atoms with Gasteiger partial charge in [0.15, 0.2) is 0 Å².